The van der Waals surface area contributed by atoms with Gasteiger partial charge in [0.05, 0.1) is 0 Å². The van der Waals surface area contributed by atoms with Gasteiger partial charge in [-0.2, -0.15) is 0 Å². The molecule has 1 fully saturated rings. The zero-order valence-electron chi connectivity index (χ0n) is 11.3. The van der Waals surface area contributed by atoms with Crippen molar-refractivity contribution in [1.29, 1.82) is 0 Å². The van der Waals surface area contributed by atoms with E-state index in [1.165, 1.54) is 6.42 Å². The Labute approximate surface area is 104 Å². The average molecular weight is 242 g/mol. The summed E-state index contributed by atoms with van der Waals surface area (Å²) in [7, 11) is 0. The van der Waals surface area contributed by atoms with Gasteiger partial charge in [-0.1, -0.05) is 13.8 Å². The fraction of sp³-hybridized carbons (Fsp3) is 0.923. The fourth-order valence-electron chi connectivity index (χ4n) is 2.33. The highest BCUT2D eigenvalue weighted by Crippen LogP contribution is 2.22. The van der Waals surface area contributed by atoms with E-state index in [1.807, 2.05) is 0 Å². The standard InChI is InChI=1S/C13H26N2O2/c1-10-5-8-15(9-11(10)2)7-4-6-13(3,14)12(16)17/h10-11H,4-9,14H2,1-3H3,(H,16,17). The molecule has 4 heteroatoms. The van der Waals surface area contributed by atoms with Crippen molar-refractivity contribution in [3.05, 3.63) is 0 Å². The van der Waals surface area contributed by atoms with Crippen LogP contribution in [0.15, 0.2) is 0 Å². The van der Waals surface area contributed by atoms with Crippen molar-refractivity contribution in [3.63, 3.8) is 0 Å². The number of likely N-dealkylation sites (tertiary alicyclic amines) is 1. The largest absolute Gasteiger partial charge is 0.480 e. The molecular weight excluding hydrogens is 216 g/mol. The maximum Gasteiger partial charge on any atom is 0.323 e. The Morgan fingerprint density at radius 3 is 2.65 bits per heavy atom. The van der Waals surface area contributed by atoms with Crippen LogP contribution in [0.3, 0.4) is 0 Å². The Balaban J connectivity index is 2.26. The molecule has 3 atom stereocenters. The second-order valence-corrected chi connectivity index (χ2v) is 5.87. The molecule has 1 aliphatic heterocycles. The second-order valence-electron chi connectivity index (χ2n) is 5.87. The zero-order chi connectivity index (χ0) is 13.1. The molecule has 0 bridgehead atoms. The van der Waals surface area contributed by atoms with Gasteiger partial charge in [-0.15, -0.1) is 0 Å². The lowest BCUT2D eigenvalue weighted by atomic mass is 9.88. The van der Waals surface area contributed by atoms with E-state index in [1.54, 1.807) is 6.92 Å². The molecule has 3 unspecified atom stereocenters. The molecular formula is C13H26N2O2. The number of piperidine rings is 1. The summed E-state index contributed by atoms with van der Waals surface area (Å²) in [6.45, 7) is 9.44. The third-order valence-electron chi connectivity index (χ3n) is 4.08. The molecule has 3 N–H and O–H groups in total. The molecule has 1 heterocycles. The van der Waals surface area contributed by atoms with Gasteiger partial charge in [0, 0.05) is 6.54 Å². The molecule has 17 heavy (non-hydrogen) atoms. The van der Waals surface area contributed by atoms with E-state index in [4.69, 9.17) is 10.8 Å². The maximum absolute atomic E-state index is 10.9. The molecule has 0 amide bonds. The van der Waals surface area contributed by atoms with E-state index in [0.29, 0.717) is 6.42 Å². The number of rotatable bonds is 5. The summed E-state index contributed by atoms with van der Waals surface area (Å²) in [6, 6.07) is 0. The van der Waals surface area contributed by atoms with Crippen LogP contribution in [-0.2, 0) is 4.79 Å². The topological polar surface area (TPSA) is 66.6 Å². The lowest BCUT2D eigenvalue weighted by Crippen LogP contribution is -2.46. The van der Waals surface area contributed by atoms with Gasteiger partial charge >= 0.3 is 5.97 Å². The number of carboxylic acids is 1. The van der Waals surface area contributed by atoms with Crippen molar-refractivity contribution in [2.45, 2.75) is 45.6 Å². The van der Waals surface area contributed by atoms with Gasteiger partial charge in [0.25, 0.3) is 0 Å². The van der Waals surface area contributed by atoms with Gasteiger partial charge in [0.2, 0.25) is 0 Å². The molecule has 0 radical (unpaired) electrons. The van der Waals surface area contributed by atoms with Crippen LogP contribution >= 0.6 is 0 Å². The summed E-state index contributed by atoms with van der Waals surface area (Å²) in [4.78, 5) is 13.3. The third-order valence-corrected chi connectivity index (χ3v) is 4.08. The quantitative estimate of drug-likeness (QED) is 0.767. The molecule has 4 nitrogen and oxygen atoms in total. The molecule has 1 saturated heterocycles. The van der Waals surface area contributed by atoms with E-state index in [0.717, 1.165) is 37.9 Å². The highest BCUT2D eigenvalue weighted by Gasteiger charge is 2.28. The maximum atomic E-state index is 10.9. The Hall–Kier alpha value is -0.610. The van der Waals surface area contributed by atoms with Crippen molar-refractivity contribution >= 4 is 5.97 Å². The number of aliphatic carboxylic acids is 1. The number of nitrogens with zero attached hydrogens (tertiary/aromatic N) is 1. The van der Waals surface area contributed by atoms with Crippen molar-refractivity contribution in [3.8, 4) is 0 Å². The van der Waals surface area contributed by atoms with Crippen LogP contribution in [0.25, 0.3) is 0 Å². The van der Waals surface area contributed by atoms with E-state index in [2.05, 4.69) is 18.7 Å². The molecule has 1 aliphatic rings. The van der Waals surface area contributed by atoms with Gasteiger partial charge in [0.1, 0.15) is 5.54 Å². The lowest BCUT2D eigenvalue weighted by Gasteiger charge is -2.35. The summed E-state index contributed by atoms with van der Waals surface area (Å²) in [5.41, 5.74) is 4.63. The Bertz CT molecular complexity index is 266. The van der Waals surface area contributed by atoms with E-state index in [-0.39, 0.29) is 0 Å². The Morgan fingerprint density at radius 2 is 2.12 bits per heavy atom. The van der Waals surface area contributed by atoms with Crippen LogP contribution in [0.5, 0.6) is 0 Å². The van der Waals surface area contributed by atoms with Crippen LogP contribution in [0, 0.1) is 11.8 Å². The summed E-state index contributed by atoms with van der Waals surface area (Å²) in [5, 5.41) is 8.92. The van der Waals surface area contributed by atoms with Gasteiger partial charge < -0.3 is 15.7 Å². The monoisotopic (exact) mass is 242 g/mol. The van der Waals surface area contributed by atoms with Crippen LogP contribution < -0.4 is 5.73 Å². The molecule has 0 aromatic heterocycles. The number of carboxylic acid groups (broad SMARTS) is 1. The molecule has 0 aromatic carbocycles. The molecule has 0 aromatic rings. The lowest BCUT2D eigenvalue weighted by molar-refractivity contribution is -0.143. The molecule has 100 valence electrons. The van der Waals surface area contributed by atoms with Crippen LogP contribution in [-0.4, -0.2) is 41.1 Å². The smallest absolute Gasteiger partial charge is 0.323 e. The van der Waals surface area contributed by atoms with Crippen molar-refractivity contribution in [2.24, 2.45) is 17.6 Å². The first-order chi connectivity index (χ1) is 7.83. The number of hydrogen-bond donors (Lipinski definition) is 2. The normalized spacial score (nSPS) is 29.9. The molecule has 0 aliphatic carbocycles. The number of hydrogen-bond acceptors (Lipinski definition) is 3. The van der Waals surface area contributed by atoms with Crippen LogP contribution in [0.4, 0.5) is 0 Å². The summed E-state index contributed by atoms with van der Waals surface area (Å²) in [5.74, 6) is 0.649. The average Bonchev–Trinajstić information content (AvgIpc) is 2.23. The minimum Gasteiger partial charge on any atom is -0.480 e. The van der Waals surface area contributed by atoms with E-state index in [9.17, 15) is 4.79 Å². The predicted molar refractivity (Wildman–Crippen MR) is 68.8 cm³/mol. The Kier molecular flexibility index (Phi) is 4.95. The van der Waals surface area contributed by atoms with Gasteiger partial charge in [-0.05, 0) is 51.1 Å². The van der Waals surface area contributed by atoms with Gasteiger partial charge in [-0.3, -0.25) is 4.79 Å². The van der Waals surface area contributed by atoms with Crippen molar-refractivity contribution in [1.82, 2.24) is 4.90 Å². The Morgan fingerprint density at radius 1 is 1.47 bits per heavy atom. The SMILES string of the molecule is CC1CCN(CCCC(C)(N)C(=O)O)CC1C. The van der Waals surface area contributed by atoms with Crippen LogP contribution in [0.2, 0.25) is 0 Å². The summed E-state index contributed by atoms with van der Waals surface area (Å²) in [6.07, 6.45) is 2.66. The highest BCUT2D eigenvalue weighted by molar-refractivity contribution is 5.77. The van der Waals surface area contributed by atoms with Crippen molar-refractivity contribution in [2.75, 3.05) is 19.6 Å². The first-order valence-corrected chi connectivity index (χ1v) is 6.57. The van der Waals surface area contributed by atoms with E-state index < -0.39 is 11.5 Å². The second kappa shape index (κ2) is 5.83. The summed E-state index contributed by atoms with van der Waals surface area (Å²) >= 11 is 0. The number of carbonyl (C=O) groups is 1. The number of nitrogens with two attached hydrogens (primary N) is 1. The zero-order valence-corrected chi connectivity index (χ0v) is 11.3. The minimum absolute atomic E-state index is 0.544. The molecule has 0 spiro atoms. The van der Waals surface area contributed by atoms with E-state index >= 15 is 0 Å². The summed E-state index contributed by atoms with van der Waals surface area (Å²) < 4.78 is 0. The highest BCUT2D eigenvalue weighted by atomic mass is 16.4. The minimum atomic E-state index is -1.07. The molecule has 0 saturated carbocycles. The first kappa shape index (κ1) is 14.5. The third kappa shape index (κ3) is 4.28. The van der Waals surface area contributed by atoms with Gasteiger partial charge in [0.15, 0.2) is 0 Å². The fourth-order valence-corrected chi connectivity index (χ4v) is 2.33. The van der Waals surface area contributed by atoms with Gasteiger partial charge in [-0.25, -0.2) is 0 Å². The van der Waals surface area contributed by atoms with Crippen molar-refractivity contribution < 1.29 is 9.90 Å². The molecule has 1 rings (SSSR count). The predicted octanol–water partition coefficient (Wildman–Crippen LogP) is 1.55. The first-order valence-electron chi connectivity index (χ1n) is 6.57. The van der Waals surface area contributed by atoms with Crippen LogP contribution in [0.1, 0.15) is 40.0 Å².